The second-order valence-electron chi connectivity index (χ2n) is 5.58. The van der Waals surface area contributed by atoms with Gasteiger partial charge in [-0.2, -0.15) is 4.31 Å². The van der Waals surface area contributed by atoms with Crippen LogP contribution in [0.5, 0.6) is 0 Å². The van der Waals surface area contributed by atoms with Crippen LogP contribution < -0.4 is 5.32 Å². The van der Waals surface area contributed by atoms with Gasteiger partial charge in [0.2, 0.25) is 10.0 Å². The van der Waals surface area contributed by atoms with E-state index in [1.165, 1.54) is 23.5 Å². The lowest BCUT2D eigenvalue weighted by Crippen LogP contribution is -2.35. The number of hydrogen-bond donors (Lipinski definition) is 1. The van der Waals surface area contributed by atoms with Crippen LogP contribution in [0.25, 0.3) is 0 Å². The van der Waals surface area contributed by atoms with Gasteiger partial charge < -0.3 is 5.32 Å². The first-order chi connectivity index (χ1) is 9.70. The Morgan fingerprint density at radius 1 is 1.29 bits per heavy atom. The summed E-state index contributed by atoms with van der Waals surface area (Å²) >= 11 is 0. The molecule has 6 heteroatoms. The predicted molar refractivity (Wildman–Crippen MR) is 83.1 cm³/mol. The molecular weight excluding hydrogens is 291 g/mol. The van der Waals surface area contributed by atoms with Gasteiger partial charge in [0, 0.05) is 25.7 Å². The Balaban J connectivity index is 3.04. The fourth-order valence-corrected chi connectivity index (χ4v) is 3.31. The van der Waals surface area contributed by atoms with E-state index in [-0.39, 0.29) is 17.0 Å². The van der Waals surface area contributed by atoms with Crippen molar-refractivity contribution in [3.05, 3.63) is 29.6 Å². The third-order valence-corrected chi connectivity index (χ3v) is 5.58. The van der Waals surface area contributed by atoms with E-state index in [2.05, 4.69) is 5.32 Å². The summed E-state index contributed by atoms with van der Waals surface area (Å²) in [6.45, 7) is 8.20. The zero-order valence-electron chi connectivity index (χ0n) is 13.4. The molecule has 0 amide bonds. The molecule has 1 aromatic carbocycles. The molecule has 0 aliphatic carbocycles. The summed E-state index contributed by atoms with van der Waals surface area (Å²) in [5.74, 6) is -0.701. The number of rotatable bonds is 7. The van der Waals surface area contributed by atoms with Gasteiger partial charge in [0.05, 0.1) is 0 Å². The van der Waals surface area contributed by atoms with Gasteiger partial charge in [-0.1, -0.05) is 26.8 Å². The van der Waals surface area contributed by atoms with Crippen molar-refractivity contribution in [3.63, 3.8) is 0 Å². The number of benzene rings is 1. The SMILES string of the molecule is CCC(C)N(C)S(=O)(=O)c1ccc(CNC(C)C)cc1F. The smallest absolute Gasteiger partial charge is 0.245 e. The van der Waals surface area contributed by atoms with E-state index in [9.17, 15) is 12.8 Å². The van der Waals surface area contributed by atoms with Crippen molar-refractivity contribution in [1.29, 1.82) is 0 Å². The van der Waals surface area contributed by atoms with Gasteiger partial charge >= 0.3 is 0 Å². The maximum absolute atomic E-state index is 14.2. The Bertz CT molecular complexity index is 573. The van der Waals surface area contributed by atoms with Crippen LogP contribution in [0, 0.1) is 5.82 Å². The van der Waals surface area contributed by atoms with Crippen LogP contribution in [0.3, 0.4) is 0 Å². The molecule has 1 atom stereocenters. The summed E-state index contributed by atoms with van der Waals surface area (Å²) in [6, 6.07) is 4.40. The van der Waals surface area contributed by atoms with E-state index in [0.717, 1.165) is 5.56 Å². The summed E-state index contributed by atoms with van der Waals surface area (Å²) in [5, 5.41) is 3.17. The maximum atomic E-state index is 14.2. The lowest BCUT2D eigenvalue weighted by Gasteiger charge is -2.23. The molecule has 0 fully saturated rings. The van der Waals surface area contributed by atoms with Crippen LogP contribution in [0.1, 0.15) is 39.7 Å². The van der Waals surface area contributed by atoms with Gasteiger partial charge in [0.15, 0.2) is 0 Å². The minimum absolute atomic E-state index is 0.170. The number of sulfonamides is 1. The normalized spacial score (nSPS) is 13.9. The van der Waals surface area contributed by atoms with Gasteiger partial charge in [-0.15, -0.1) is 0 Å². The standard InChI is InChI=1S/C15H25FN2O2S/c1-6-12(4)18(5)21(19,20)15-8-7-13(9-14(15)16)10-17-11(2)3/h7-9,11-12,17H,6,10H2,1-5H3. The molecule has 0 radical (unpaired) electrons. The number of hydrogen-bond acceptors (Lipinski definition) is 3. The third kappa shape index (κ3) is 4.49. The molecule has 1 aromatic rings. The van der Waals surface area contributed by atoms with E-state index in [1.54, 1.807) is 13.0 Å². The highest BCUT2D eigenvalue weighted by molar-refractivity contribution is 7.89. The Labute approximate surface area is 127 Å². The van der Waals surface area contributed by atoms with Crippen LogP contribution in [0.15, 0.2) is 23.1 Å². The van der Waals surface area contributed by atoms with Crippen molar-refractivity contribution < 1.29 is 12.8 Å². The second kappa shape index (κ2) is 7.33. The molecule has 0 heterocycles. The lowest BCUT2D eigenvalue weighted by atomic mass is 10.2. The highest BCUT2D eigenvalue weighted by atomic mass is 32.2. The number of halogens is 1. The molecule has 1 unspecified atom stereocenters. The highest BCUT2D eigenvalue weighted by Gasteiger charge is 2.27. The van der Waals surface area contributed by atoms with Gasteiger partial charge in [0.1, 0.15) is 10.7 Å². The molecule has 4 nitrogen and oxygen atoms in total. The average molecular weight is 316 g/mol. The van der Waals surface area contributed by atoms with E-state index >= 15 is 0 Å². The van der Waals surface area contributed by atoms with Crippen molar-refractivity contribution in [3.8, 4) is 0 Å². The van der Waals surface area contributed by atoms with Crippen molar-refractivity contribution in [2.75, 3.05) is 7.05 Å². The first-order valence-electron chi connectivity index (χ1n) is 7.20. The molecule has 0 aliphatic heterocycles. The molecule has 1 N–H and O–H groups in total. The first kappa shape index (κ1) is 18.1. The number of nitrogens with zero attached hydrogens (tertiary/aromatic N) is 1. The van der Waals surface area contributed by atoms with Crippen LogP contribution >= 0.6 is 0 Å². The largest absolute Gasteiger partial charge is 0.310 e. The van der Waals surface area contributed by atoms with E-state index in [1.807, 2.05) is 20.8 Å². The summed E-state index contributed by atoms with van der Waals surface area (Å²) in [6.07, 6.45) is 0.674. The minimum atomic E-state index is -3.79. The van der Waals surface area contributed by atoms with Crippen LogP contribution in [0.2, 0.25) is 0 Å². The maximum Gasteiger partial charge on any atom is 0.245 e. The fraction of sp³-hybridized carbons (Fsp3) is 0.600. The van der Waals surface area contributed by atoms with E-state index < -0.39 is 15.8 Å². The molecule has 1 rings (SSSR count). The summed E-state index contributed by atoms with van der Waals surface area (Å²) in [5.41, 5.74) is 0.728. The summed E-state index contributed by atoms with van der Waals surface area (Å²) < 4.78 is 40.2. The molecule has 0 aromatic heterocycles. The lowest BCUT2D eigenvalue weighted by molar-refractivity contribution is 0.378. The third-order valence-electron chi connectivity index (χ3n) is 3.58. The van der Waals surface area contributed by atoms with Crippen molar-refractivity contribution in [2.45, 2.75) is 57.6 Å². The molecule has 0 bridgehead atoms. The Morgan fingerprint density at radius 2 is 1.90 bits per heavy atom. The van der Waals surface area contributed by atoms with Crippen molar-refractivity contribution >= 4 is 10.0 Å². The van der Waals surface area contributed by atoms with Crippen LogP contribution in [0.4, 0.5) is 4.39 Å². The quantitative estimate of drug-likeness (QED) is 0.841. The van der Waals surface area contributed by atoms with Crippen LogP contribution in [-0.2, 0) is 16.6 Å². The first-order valence-corrected chi connectivity index (χ1v) is 8.64. The topological polar surface area (TPSA) is 49.4 Å². The molecule has 0 saturated heterocycles. The zero-order chi connectivity index (χ0) is 16.2. The molecule has 0 spiro atoms. The Kier molecular flexibility index (Phi) is 6.31. The molecule has 21 heavy (non-hydrogen) atoms. The Hall–Kier alpha value is -0.980. The van der Waals surface area contributed by atoms with Crippen LogP contribution in [-0.4, -0.2) is 31.9 Å². The predicted octanol–water partition coefficient (Wildman–Crippen LogP) is 2.74. The summed E-state index contributed by atoms with van der Waals surface area (Å²) in [7, 11) is -2.31. The summed E-state index contributed by atoms with van der Waals surface area (Å²) in [4.78, 5) is -0.265. The highest BCUT2D eigenvalue weighted by Crippen LogP contribution is 2.21. The Morgan fingerprint density at radius 3 is 2.38 bits per heavy atom. The molecule has 0 saturated carbocycles. The molecule has 120 valence electrons. The molecule has 0 aliphatic rings. The van der Waals surface area contributed by atoms with E-state index in [4.69, 9.17) is 0 Å². The molecular formula is C15H25FN2O2S. The second-order valence-corrected chi connectivity index (χ2v) is 7.54. The van der Waals surface area contributed by atoms with E-state index in [0.29, 0.717) is 13.0 Å². The van der Waals surface area contributed by atoms with Gasteiger partial charge in [-0.05, 0) is 31.0 Å². The van der Waals surface area contributed by atoms with Gasteiger partial charge in [0.25, 0.3) is 0 Å². The van der Waals surface area contributed by atoms with Crippen molar-refractivity contribution in [2.24, 2.45) is 0 Å². The van der Waals surface area contributed by atoms with Gasteiger partial charge in [-0.3, -0.25) is 0 Å². The fourth-order valence-electron chi connectivity index (χ4n) is 1.83. The average Bonchev–Trinajstić information content (AvgIpc) is 2.43. The van der Waals surface area contributed by atoms with Gasteiger partial charge in [-0.25, -0.2) is 12.8 Å². The van der Waals surface area contributed by atoms with Crippen molar-refractivity contribution in [1.82, 2.24) is 9.62 Å². The zero-order valence-corrected chi connectivity index (χ0v) is 14.2. The monoisotopic (exact) mass is 316 g/mol. The minimum Gasteiger partial charge on any atom is -0.310 e. The number of nitrogens with one attached hydrogen (secondary N) is 1.